The summed E-state index contributed by atoms with van der Waals surface area (Å²) < 4.78 is 32.4. The van der Waals surface area contributed by atoms with Gasteiger partial charge in [-0.25, -0.2) is 8.42 Å². The fraction of sp³-hybridized carbons (Fsp3) is 0.0870. The summed E-state index contributed by atoms with van der Waals surface area (Å²) >= 11 is 0. The van der Waals surface area contributed by atoms with Crippen molar-refractivity contribution in [2.45, 2.75) is 11.8 Å². The lowest BCUT2D eigenvalue weighted by Gasteiger charge is -2.21. The molecule has 3 aromatic carbocycles. The number of hydrogen-bond donors (Lipinski definition) is 0. The Kier molecular flexibility index (Phi) is 6.14. The molecule has 0 aliphatic rings. The van der Waals surface area contributed by atoms with Crippen molar-refractivity contribution in [2.75, 3.05) is 11.4 Å². The number of ether oxygens (including phenoxy) is 1. The van der Waals surface area contributed by atoms with Crippen LogP contribution >= 0.6 is 0 Å². The van der Waals surface area contributed by atoms with E-state index in [9.17, 15) is 13.2 Å². The molecule has 5 nitrogen and oxygen atoms in total. The van der Waals surface area contributed by atoms with Gasteiger partial charge in [0.05, 0.1) is 17.7 Å². The minimum atomic E-state index is -4.07. The third-order valence-corrected chi connectivity index (χ3v) is 6.02. The van der Waals surface area contributed by atoms with Crippen LogP contribution in [0.25, 0.3) is 6.08 Å². The highest BCUT2D eigenvalue weighted by atomic mass is 32.2. The van der Waals surface area contributed by atoms with Gasteiger partial charge in [-0.1, -0.05) is 48.0 Å². The number of rotatable bonds is 6. The van der Waals surface area contributed by atoms with Gasteiger partial charge in [-0.15, -0.1) is 0 Å². The van der Waals surface area contributed by atoms with E-state index in [2.05, 4.69) is 0 Å². The Labute approximate surface area is 170 Å². The van der Waals surface area contributed by atoms with Crippen LogP contribution in [0.3, 0.4) is 0 Å². The SMILES string of the molecule is COc1ccc(/C=C/C(=O)N(c2ccc(C)cc2)S(=O)(=O)c2ccccc2)cc1. The number of hydrogen-bond acceptors (Lipinski definition) is 4. The number of aryl methyl sites for hydroxylation is 1. The predicted molar refractivity (Wildman–Crippen MR) is 114 cm³/mol. The molecule has 0 saturated carbocycles. The van der Waals surface area contributed by atoms with Crippen LogP contribution in [0.15, 0.2) is 89.8 Å². The summed E-state index contributed by atoms with van der Waals surface area (Å²) in [7, 11) is -2.50. The van der Waals surface area contributed by atoms with Gasteiger partial charge in [-0.2, -0.15) is 4.31 Å². The molecule has 0 unspecified atom stereocenters. The summed E-state index contributed by atoms with van der Waals surface area (Å²) in [6.45, 7) is 1.89. The Bertz CT molecular complexity index is 1100. The second-order valence-electron chi connectivity index (χ2n) is 6.36. The van der Waals surface area contributed by atoms with Crippen LogP contribution in [0, 0.1) is 6.92 Å². The Morgan fingerprint density at radius 3 is 2.10 bits per heavy atom. The summed E-state index contributed by atoms with van der Waals surface area (Å²) in [5.74, 6) is 0.0370. The van der Waals surface area contributed by atoms with E-state index in [-0.39, 0.29) is 10.6 Å². The summed E-state index contributed by atoms with van der Waals surface area (Å²) in [6.07, 6.45) is 2.83. The lowest BCUT2D eigenvalue weighted by atomic mass is 10.2. The fourth-order valence-corrected chi connectivity index (χ4v) is 4.12. The number of amides is 1. The molecule has 0 aromatic heterocycles. The van der Waals surface area contributed by atoms with Crippen molar-refractivity contribution >= 4 is 27.7 Å². The first-order valence-corrected chi connectivity index (χ1v) is 10.4. The molecule has 0 saturated heterocycles. The van der Waals surface area contributed by atoms with Gasteiger partial charge in [0, 0.05) is 6.08 Å². The second-order valence-corrected chi connectivity index (χ2v) is 8.15. The molecule has 29 heavy (non-hydrogen) atoms. The molecule has 3 aromatic rings. The summed E-state index contributed by atoms with van der Waals surface area (Å²) in [6, 6.07) is 21.8. The first-order valence-electron chi connectivity index (χ1n) is 8.95. The fourth-order valence-electron chi connectivity index (χ4n) is 2.71. The first kappa shape index (κ1) is 20.4. The molecule has 0 N–H and O–H groups in total. The highest BCUT2D eigenvalue weighted by Gasteiger charge is 2.29. The lowest BCUT2D eigenvalue weighted by Crippen LogP contribution is -2.35. The maximum absolute atomic E-state index is 13.2. The zero-order valence-corrected chi connectivity index (χ0v) is 17.0. The van der Waals surface area contributed by atoms with Gasteiger partial charge < -0.3 is 4.74 Å². The van der Waals surface area contributed by atoms with Crippen molar-refractivity contribution in [1.29, 1.82) is 0 Å². The minimum absolute atomic E-state index is 0.0479. The van der Waals surface area contributed by atoms with Crippen LogP contribution in [-0.2, 0) is 14.8 Å². The first-order chi connectivity index (χ1) is 13.9. The van der Waals surface area contributed by atoms with Crippen LogP contribution in [0.2, 0.25) is 0 Å². The zero-order chi connectivity index (χ0) is 20.9. The van der Waals surface area contributed by atoms with Crippen LogP contribution in [0.4, 0.5) is 5.69 Å². The smallest absolute Gasteiger partial charge is 0.271 e. The highest BCUT2D eigenvalue weighted by Crippen LogP contribution is 2.25. The van der Waals surface area contributed by atoms with E-state index in [0.717, 1.165) is 15.4 Å². The molecular weight excluding hydrogens is 386 g/mol. The third kappa shape index (κ3) is 4.73. The molecule has 3 rings (SSSR count). The molecule has 0 spiro atoms. The maximum Gasteiger partial charge on any atom is 0.271 e. The van der Waals surface area contributed by atoms with E-state index in [1.165, 1.54) is 18.2 Å². The molecule has 0 bridgehead atoms. The van der Waals surface area contributed by atoms with E-state index >= 15 is 0 Å². The number of carbonyl (C=O) groups excluding carboxylic acids is 1. The molecule has 0 heterocycles. The number of benzene rings is 3. The maximum atomic E-state index is 13.2. The van der Waals surface area contributed by atoms with Crippen LogP contribution in [-0.4, -0.2) is 21.4 Å². The monoisotopic (exact) mass is 407 g/mol. The zero-order valence-electron chi connectivity index (χ0n) is 16.1. The number of methoxy groups -OCH3 is 1. The van der Waals surface area contributed by atoms with Crippen molar-refractivity contribution in [2.24, 2.45) is 0 Å². The van der Waals surface area contributed by atoms with Crippen LogP contribution in [0.1, 0.15) is 11.1 Å². The van der Waals surface area contributed by atoms with E-state index in [4.69, 9.17) is 4.74 Å². The van der Waals surface area contributed by atoms with Crippen molar-refractivity contribution < 1.29 is 17.9 Å². The molecular formula is C23H21NO4S. The van der Waals surface area contributed by atoms with E-state index in [0.29, 0.717) is 5.75 Å². The minimum Gasteiger partial charge on any atom is -0.497 e. The van der Waals surface area contributed by atoms with Crippen molar-refractivity contribution in [1.82, 2.24) is 0 Å². The van der Waals surface area contributed by atoms with Gasteiger partial charge in [0.2, 0.25) is 0 Å². The molecule has 0 aliphatic carbocycles. The Hall–Kier alpha value is -3.38. The molecule has 0 aliphatic heterocycles. The summed E-state index contributed by atoms with van der Waals surface area (Å²) in [5, 5.41) is 0. The number of carbonyl (C=O) groups is 1. The Morgan fingerprint density at radius 2 is 1.52 bits per heavy atom. The number of anilines is 1. The van der Waals surface area contributed by atoms with E-state index in [1.54, 1.807) is 79.9 Å². The Balaban J connectivity index is 1.99. The second kappa shape index (κ2) is 8.75. The summed E-state index contributed by atoms with van der Waals surface area (Å²) in [5.41, 5.74) is 2.00. The molecule has 0 atom stereocenters. The Morgan fingerprint density at radius 1 is 0.897 bits per heavy atom. The lowest BCUT2D eigenvalue weighted by molar-refractivity contribution is -0.113. The van der Waals surface area contributed by atoms with Gasteiger partial charge in [0.15, 0.2) is 0 Å². The topological polar surface area (TPSA) is 63.7 Å². The van der Waals surface area contributed by atoms with E-state index < -0.39 is 15.9 Å². The summed E-state index contributed by atoms with van der Waals surface area (Å²) in [4.78, 5) is 13.0. The molecule has 0 fully saturated rings. The average molecular weight is 407 g/mol. The average Bonchev–Trinajstić information content (AvgIpc) is 2.74. The van der Waals surface area contributed by atoms with Gasteiger partial charge in [0.25, 0.3) is 15.9 Å². The molecule has 0 radical (unpaired) electrons. The van der Waals surface area contributed by atoms with Gasteiger partial charge in [-0.3, -0.25) is 4.79 Å². The number of sulfonamides is 1. The van der Waals surface area contributed by atoms with Crippen molar-refractivity contribution in [3.63, 3.8) is 0 Å². The van der Waals surface area contributed by atoms with E-state index in [1.807, 2.05) is 6.92 Å². The predicted octanol–water partition coefficient (Wildman–Crippen LogP) is 4.44. The normalized spacial score (nSPS) is 11.4. The van der Waals surface area contributed by atoms with Crippen molar-refractivity contribution in [3.8, 4) is 5.75 Å². The molecule has 148 valence electrons. The standard InChI is InChI=1S/C23H21NO4S/c1-18-8-13-20(14-9-18)24(29(26,27)22-6-4-3-5-7-22)23(25)17-12-19-10-15-21(28-2)16-11-19/h3-17H,1-2H3/b17-12+. The van der Waals surface area contributed by atoms with Gasteiger partial charge in [-0.05, 0) is 55.0 Å². The third-order valence-electron chi connectivity index (χ3n) is 4.28. The van der Waals surface area contributed by atoms with Crippen molar-refractivity contribution in [3.05, 3.63) is 96.1 Å². The quantitative estimate of drug-likeness (QED) is 0.567. The van der Waals surface area contributed by atoms with Gasteiger partial charge in [0.1, 0.15) is 5.75 Å². The van der Waals surface area contributed by atoms with Crippen LogP contribution in [0.5, 0.6) is 5.75 Å². The molecule has 6 heteroatoms. The van der Waals surface area contributed by atoms with Crippen LogP contribution < -0.4 is 9.04 Å². The van der Waals surface area contributed by atoms with Gasteiger partial charge >= 0.3 is 0 Å². The highest BCUT2D eigenvalue weighted by molar-refractivity contribution is 7.93. The number of nitrogens with zero attached hydrogens (tertiary/aromatic N) is 1. The molecule has 1 amide bonds. The largest absolute Gasteiger partial charge is 0.497 e.